The zero-order valence-electron chi connectivity index (χ0n) is 7.70. The summed E-state index contributed by atoms with van der Waals surface area (Å²) in [6.45, 7) is -0.440. The largest absolute Gasteiger partial charge is 0.412 e. The first-order chi connectivity index (χ1) is 6.11. The van der Waals surface area contributed by atoms with Gasteiger partial charge in [-0.15, -0.1) is 0 Å². The first-order valence-electron chi connectivity index (χ1n) is 3.95. The number of aliphatic hydroxyl groups excluding tert-OH is 4. The second-order valence-corrected chi connectivity index (χ2v) is 2.93. The van der Waals surface area contributed by atoms with Crippen molar-refractivity contribution in [1.82, 2.24) is 0 Å². The topological polar surface area (TPSA) is 131 Å². The van der Waals surface area contributed by atoms with E-state index < -0.39 is 37.3 Å². The van der Waals surface area contributed by atoms with E-state index in [0.29, 0.717) is 0 Å². The Bertz CT molecular complexity index is 144. The first-order valence-corrected chi connectivity index (χ1v) is 3.95. The monoisotopic (exact) mass is 212 g/mol. The van der Waals surface area contributed by atoms with Gasteiger partial charge in [0, 0.05) is 7.11 Å². The Morgan fingerprint density at radius 2 is 1.71 bits per heavy atom. The highest BCUT2D eigenvalue weighted by atomic mass is 16.7. The first kappa shape index (κ1) is 13.7. The quantitative estimate of drug-likeness (QED) is 0.377. The van der Waals surface area contributed by atoms with Gasteiger partial charge in [0.25, 0.3) is 0 Å². The lowest BCUT2D eigenvalue weighted by Gasteiger charge is -2.38. The van der Waals surface area contributed by atoms with Gasteiger partial charge in [0.1, 0.15) is 24.4 Å². The van der Waals surface area contributed by atoms with Gasteiger partial charge in [-0.2, -0.15) is 0 Å². The molecule has 14 heavy (non-hydrogen) atoms. The van der Waals surface area contributed by atoms with Crippen molar-refractivity contribution in [1.29, 1.82) is 0 Å². The summed E-state index contributed by atoms with van der Waals surface area (Å²) in [4.78, 5) is 0. The van der Waals surface area contributed by atoms with Crippen molar-refractivity contribution in [3.05, 3.63) is 0 Å². The molecule has 1 aliphatic rings. The van der Waals surface area contributed by atoms with Gasteiger partial charge in [-0.1, -0.05) is 0 Å². The lowest BCUT2D eigenvalue weighted by molar-refractivity contribution is -0.294. The molecule has 0 spiro atoms. The number of rotatable bonds is 2. The predicted octanol–water partition coefficient (Wildman–Crippen LogP) is -3.39. The highest BCUT2D eigenvalue weighted by Crippen LogP contribution is 2.20. The van der Waals surface area contributed by atoms with Gasteiger partial charge < -0.3 is 35.4 Å². The van der Waals surface area contributed by atoms with E-state index in [1.165, 1.54) is 7.11 Å². The Labute approximate surface area is 80.8 Å². The predicted molar refractivity (Wildman–Crippen MR) is 44.4 cm³/mol. The van der Waals surface area contributed by atoms with Crippen LogP contribution in [0, 0.1) is 0 Å². The van der Waals surface area contributed by atoms with Crippen LogP contribution in [0.4, 0.5) is 0 Å². The molecular weight excluding hydrogens is 196 g/mol. The molecule has 0 saturated carbocycles. The van der Waals surface area contributed by atoms with Crippen molar-refractivity contribution in [3.63, 3.8) is 0 Å². The maximum Gasteiger partial charge on any atom is 0.186 e. The van der Waals surface area contributed by atoms with Crippen LogP contribution in [0.3, 0.4) is 0 Å². The Hall–Kier alpha value is -0.280. The van der Waals surface area contributed by atoms with Crippen LogP contribution >= 0.6 is 0 Å². The number of ether oxygens (including phenoxy) is 2. The molecule has 0 bridgehead atoms. The van der Waals surface area contributed by atoms with Crippen molar-refractivity contribution in [2.75, 3.05) is 13.7 Å². The van der Waals surface area contributed by atoms with E-state index in [1.807, 2.05) is 0 Å². The van der Waals surface area contributed by atoms with Crippen LogP contribution in [0.15, 0.2) is 0 Å². The van der Waals surface area contributed by atoms with E-state index in [1.54, 1.807) is 0 Å². The molecule has 0 aromatic heterocycles. The second-order valence-electron chi connectivity index (χ2n) is 2.93. The smallest absolute Gasteiger partial charge is 0.186 e. The lowest BCUT2D eigenvalue weighted by atomic mass is 9.99. The van der Waals surface area contributed by atoms with E-state index in [9.17, 15) is 15.3 Å². The molecule has 7 nitrogen and oxygen atoms in total. The summed E-state index contributed by atoms with van der Waals surface area (Å²) in [5.74, 6) is 0. The Kier molecular flexibility index (Phi) is 5.45. The van der Waals surface area contributed by atoms with E-state index in [2.05, 4.69) is 0 Å². The molecule has 0 aromatic carbocycles. The summed E-state index contributed by atoms with van der Waals surface area (Å²) in [5.41, 5.74) is 0. The maximum atomic E-state index is 9.28. The zero-order chi connectivity index (χ0) is 10.0. The summed E-state index contributed by atoms with van der Waals surface area (Å²) in [6.07, 6.45) is -5.91. The average molecular weight is 212 g/mol. The standard InChI is InChI=1S/C7H14O6.H2O/c1-12-7-6(11)5(10)4(9)3(2-8)13-7;/h3-11H,2H2,1H3;1H2/t3-,4+,5+,6-,7+;/m1./s1. The van der Waals surface area contributed by atoms with Crippen LogP contribution < -0.4 is 0 Å². The highest BCUT2D eigenvalue weighted by Gasteiger charge is 2.43. The Morgan fingerprint density at radius 1 is 1.14 bits per heavy atom. The van der Waals surface area contributed by atoms with Crippen LogP contribution in [0.25, 0.3) is 0 Å². The highest BCUT2D eigenvalue weighted by molar-refractivity contribution is 4.88. The fourth-order valence-corrected chi connectivity index (χ4v) is 1.26. The van der Waals surface area contributed by atoms with Crippen LogP contribution in [-0.2, 0) is 9.47 Å². The van der Waals surface area contributed by atoms with E-state index in [4.69, 9.17) is 14.6 Å². The zero-order valence-corrected chi connectivity index (χ0v) is 7.70. The summed E-state index contributed by atoms with van der Waals surface area (Å²) >= 11 is 0. The normalized spacial score (nSPS) is 43.1. The van der Waals surface area contributed by atoms with Gasteiger partial charge in [0.15, 0.2) is 6.29 Å². The fraction of sp³-hybridized carbons (Fsp3) is 1.00. The van der Waals surface area contributed by atoms with Crippen molar-refractivity contribution in [2.24, 2.45) is 0 Å². The van der Waals surface area contributed by atoms with Crippen LogP contribution in [-0.4, -0.2) is 70.3 Å². The van der Waals surface area contributed by atoms with Crippen LogP contribution in [0.1, 0.15) is 0 Å². The van der Waals surface area contributed by atoms with E-state index in [-0.39, 0.29) is 5.48 Å². The van der Waals surface area contributed by atoms with Crippen molar-refractivity contribution in [3.8, 4) is 0 Å². The molecule has 7 heteroatoms. The Morgan fingerprint density at radius 3 is 2.14 bits per heavy atom. The van der Waals surface area contributed by atoms with Gasteiger partial charge >= 0.3 is 0 Å². The Balaban J connectivity index is 0.00000169. The molecular formula is C7H16O7. The second kappa shape index (κ2) is 5.56. The maximum absolute atomic E-state index is 9.28. The van der Waals surface area contributed by atoms with Crippen molar-refractivity contribution >= 4 is 0 Å². The minimum absolute atomic E-state index is 0. The SMILES string of the molecule is CO[C@H]1O[C@H](CO)[C@H](O)[C@H](O)[C@H]1O.O. The number of hydrogen-bond acceptors (Lipinski definition) is 6. The molecule has 1 heterocycles. The van der Waals surface area contributed by atoms with Crippen LogP contribution in [0.2, 0.25) is 0 Å². The van der Waals surface area contributed by atoms with Crippen molar-refractivity contribution < 1.29 is 35.4 Å². The van der Waals surface area contributed by atoms with Gasteiger partial charge in [-0.25, -0.2) is 0 Å². The lowest BCUT2D eigenvalue weighted by Crippen LogP contribution is -2.58. The molecule has 0 amide bonds. The molecule has 1 saturated heterocycles. The molecule has 0 aliphatic carbocycles. The molecule has 0 unspecified atom stereocenters. The third-order valence-electron chi connectivity index (χ3n) is 2.08. The van der Waals surface area contributed by atoms with Crippen LogP contribution in [0.5, 0.6) is 0 Å². The minimum atomic E-state index is -1.36. The van der Waals surface area contributed by atoms with Gasteiger partial charge in [-0.3, -0.25) is 0 Å². The summed E-state index contributed by atoms with van der Waals surface area (Å²) in [5, 5.41) is 36.6. The van der Waals surface area contributed by atoms with Gasteiger partial charge in [0.05, 0.1) is 6.61 Å². The molecule has 1 rings (SSSR count). The third kappa shape index (κ3) is 2.39. The summed E-state index contributed by atoms with van der Waals surface area (Å²) in [6, 6.07) is 0. The molecule has 6 N–H and O–H groups in total. The summed E-state index contributed by atoms with van der Waals surface area (Å²) in [7, 11) is 1.30. The third-order valence-corrected chi connectivity index (χ3v) is 2.08. The molecule has 86 valence electrons. The van der Waals surface area contributed by atoms with Gasteiger partial charge in [-0.05, 0) is 0 Å². The molecule has 0 radical (unpaired) electrons. The van der Waals surface area contributed by atoms with E-state index >= 15 is 0 Å². The fourth-order valence-electron chi connectivity index (χ4n) is 1.26. The number of aliphatic hydroxyl groups is 4. The van der Waals surface area contributed by atoms with E-state index in [0.717, 1.165) is 0 Å². The average Bonchev–Trinajstić information content (AvgIpc) is 2.15. The van der Waals surface area contributed by atoms with Crippen molar-refractivity contribution in [2.45, 2.75) is 30.7 Å². The molecule has 1 aliphatic heterocycles. The molecule has 1 fully saturated rings. The minimum Gasteiger partial charge on any atom is -0.412 e. The number of methoxy groups -OCH3 is 1. The molecule has 5 atom stereocenters. The number of hydrogen-bond donors (Lipinski definition) is 4. The summed E-state index contributed by atoms with van der Waals surface area (Å²) < 4.78 is 9.65. The van der Waals surface area contributed by atoms with Gasteiger partial charge in [0.2, 0.25) is 0 Å². The molecule has 0 aromatic rings.